The molecule has 1 aliphatic rings. The van der Waals surface area contributed by atoms with Crippen molar-refractivity contribution in [3.63, 3.8) is 0 Å². The number of rotatable bonds is 3. The van der Waals surface area contributed by atoms with Gasteiger partial charge in [-0.15, -0.1) is 0 Å². The van der Waals surface area contributed by atoms with Gasteiger partial charge in [0.1, 0.15) is 0 Å². The summed E-state index contributed by atoms with van der Waals surface area (Å²) >= 11 is 0. The van der Waals surface area contributed by atoms with Gasteiger partial charge in [0.2, 0.25) is 0 Å². The van der Waals surface area contributed by atoms with Crippen molar-refractivity contribution in [2.45, 2.75) is 12.8 Å². The van der Waals surface area contributed by atoms with Gasteiger partial charge in [0.05, 0.1) is 17.0 Å². The monoisotopic (exact) mass is 229 g/mol. The summed E-state index contributed by atoms with van der Waals surface area (Å²) in [5, 5.41) is 12.2. The van der Waals surface area contributed by atoms with Crippen LogP contribution in [0.3, 0.4) is 0 Å². The second kappa shape index (κ2) is 3.39. The molecule has 3 rings (SSSR count). The lowest BCUT2D eigenvalue weighted by Gasteiger charge is -2.08. The average molecular weight is 229 g/mol. The maximum absolute atomic E-state index is 11.0. The quantitative estimate of drug-likeness (QED) is 0.841. The second-order valence-corrected chi connectivity index (χ2v) is 4.47. The van der Waals surface area contributed by atoms with Gasteiger partial charge in [-0.2, -0.15) is 5.26 Å². The van der Waals surface area contributed by atoms with Gasteiger partial charge in [-0.1, -0.05) is 0 Å². The van der Waals surface area contributed by atoms with E-state index in [-0.39, 0.29) is 5.41 Å². The van der Waals surface area contributed by atoms with E-state index in [4.69, 9.17) is 9.68 Å². The van der Waals surface area contributed by atoms with Crippen molar-refractivity contribution in [3.05, 3.63) is 28.7 Å². The van der Waals surface area contributed by atoms with Crippen LogP contribution in [0, 0.1) is 16.7 Å². The Bertz CT molecular complexity index is 658. The number of aromatic nitrogens is 1. The highest BCUT2D eigenvalue weighted by atomic mass is 16.4. The van der Waals surface area contributed by atoms with Crippen LogP contribution in [0.1, 0.15) is 12.8 Å². The summed E-state index contributed by atoms with van der Waals surface area (Å²) < 4.78 is 4.97. The molecule has 1 aliphatic carbocycles. The van der Waals surface area contributed by atoms with E-state index in [9.17, 15) is 4.79 Å². The van der Waals surface area contributed by atoms with Gasteiger partial charge in [0.25, 0.3) is 0 Å². The van der Waals surface area contributed by atoms with Crippen LogP contribution >= 0.6 is 0 Å². The molecule has 86 valence electrons. The Morgan fingerprint density at radius 2 is 2.35 bits per heavy atom. The first-order valence-corrected chi connectivity index (χ1v) is 5.49. The van der Waals surface area contributed by atoms with E-state index in [1.165, 1.54) is 0 Å². The maximum Gasteiger partial charge on any atom is 0.417 e. The highest BCUT2D eigenvalue weighted by Gasteiger charge is 2.42. The molecular formula is C12H11N3O2. The topological polar surface area (TPSA) is 81.8 Å². The van der Waals surface area contributed by atoms with Crippen molar-refractivity contribution < 1.29 is 4.42 Å². The Hall–Kier alpha value is -2.22. The highest BCUT2D eigenvalue weighted by Crippen LogP contribution is 2.44. The van der Waals surface area contributed by atoms with Crippen molar-refractivity contribution in [1.82, 2.24) is 4.98 Å². The highest BCUT2D eigenvalue weighted by molar-refractivity contribution is 5.76. The Balaban J connectivity index is 1.81. The van der Waals surface area contributed by atoms with E-state index < -0.39 is 5.76 Å². The summed E-state index contributed by atoms with van der Waals surface area (Å²) in [5.41, 5.74) is 1.89. The number of nitrogens with one attached hydrogen (secondary N) is 2. The van der Waals surface area contributed by atoms with E-state index in [0.29, 0.717) is 17.6 Å². The number of fused-ring (bicyclic) bond motifs is 1. The van der Waals surface area contributed by atoms with Gasteiger partial charge < -0.3 is 9.73 Å². The summed E-state index contributed by atoms with van der Waals surface area (Å²) in [5.74, 6) is -0.451. The van der Waals surface area contributed by atoms with Crippen molar-refractivity contribution >= 4 is 16.8 Å². The zero-order valence-corrected chi connectivity index (χ0v) is 9.12. The number of H-pyrrole nitrogens is 1. The van der Waals surface area contributed by atoms with Crippen LogP contribution in [-0.4, -0.2) is 11.5 Å². The van der Waals surface area contributed by atoms with E-state index >= 15 is 0 Å². The van der Waals surface area contributed by atoms with Gasteiger partial charge in [0, 0.05) is 18.3 Å². The molecule has 0 unspecified atom stereocenters. The van der Waals surface area contributed by atoms with Crippen LogP contribution in [0.2, 0.25) is 0 Å². The van der Waals surface area contributed by atoms with Crippen LogP contribution in [0.4, 0.5) is 5.69 Å². The molecular weight excluding hydrogens is 218 g/mol. The maximum atomic E-state index is 11.0. The average Bonchev–Trinajstić information content (AvgIpc) is 3.01. The lowest BCUT2D eigenvalue weighted by atomic mass is 10.1. The summed E-state index contributed by atoms with van der Waals surface area (Å²) in [7, 11) is 0. The standard InChI is InChI=1S/C12H11N3O2/c13-6-12(3-4-12)7-14-8-1-2-9-10(5-8)17-11(16)15-9/h1-2,5,14H,3-4,7H2,(H,15,16). The number of nitrogens with zero attached hydrogens (tertiary/aromatic N) is 1. The Labute approximate surface area is 97.0 Å². The number of hydrogen-bond acceptors (Lipinski definition) is 4. The number of nitriles is 1. The molecule has 2 aromatic rings. The molecule has 1 saturated carbocycles. The van der Waals surface area contributed by atoms with Crippen LogP contribution in [0.5, 0.6) is 0 Å². The minimum Gasteiger partial charge on any atom is -0.408 e. The Morgan fingerprint density at radius 3 is 3.06 bits per heavy atom. The molecule has 5 heteroatoms. The van der Waals surface area contributed by atoms with Gasteiger partial charge in [-0.3, -0.25) is 4.98 Å². The molecule has 0 atom stereocenters. The molecule has 0 spiro atoms. The van der Waals surface area contributed by atoms with Crippen molar-refractivity contribution in [2.24, 2.45) is 5.41 Å². The largest absolute Gasteiger partial charge is 0.417 e. The van der Waals surface area contributed by atoms with E-state index in [2.05, 4.69) is 16.4 Å². The predicted octanol–water partition coefficient (Wildman–Crippen LogP) is 1.84. The summed E-state index contributed by atoms with van der Waals surface area (Å²) in [6, 6.07) is 7.73. The van der Waals surface area contributed by atoms with Gasteiger partial charge in [0.15, 0.2) is 5.58 Å². The SMILES string of the molecule is N#CC1(CNc2ccc3[nH]c(=O)oc3c2)CC1. The number of oxazole rings is 1. The minimum atomic E-state index is -0.451. The first-order chi connectivity index (χ1) is 8.21. The fourth-order valence-electron chi connectivity index (χ4n) is 1.81. The molecule has 0 bridgehead atoms. The van der Waals surface area contributed by atoms with Gasteiger partial charge in [-0.25, -0.2) is 4.79 Å². The number of hydrogen-bond donors (Lipinski definition) is 2. The fraction of sp³-hybridized carbons (Fsp3) is 0.333. The molecule has 2 N–H and O–H groups in total. The normalized spacial score (nSPS) is 16.6. The summed E-state index contributed by atoms with van der Waals surface area (Å²) in [4.78, 5) is 13.6. The van der Waals surface area contributed by atoms with E-state index in [1.807, 2.05) is 6.07 Å². The molecule has 0 amide bonds. The molecule has 0 radical (unpaired) electrons. The lowest BCUT2D eigenvalue weighted by molar-refractivity contribution is 0.555. The molecule has 0 aliphatic heterocycles. The first-order valence-electron chi connectivity index (χ1n) is 5.49. The third kappa shape index (κ3) is 1.78. The molecule has 1 aromatic heterocycles. The first kappa shape index (κ1) is 9.97. The number of benzene rings is 1. The molecule has 1 aromatic carbocycles. The Morgan fingerprint density at radius 1 is 1.53 bits per heavy atom. The van der Waals surface area contributed by atoms with Crippen LogP contribution in [-0.2, 0) is 0 Å². The predicted molar refractivity (Wildman–Crippen MR) is 62.6 cm³/mol. The molecule has 5 nitrogen and oxygen atoms in total. The molecule has 1 fully saturated rings. The minimum absolute atomic E-state index is 0.187. The fourth-order valence-corrected chi connectivity index (χ4v) is 1.81. The smallest absolute Gasteiger partial charge is 0.408 e. The van der Waals surface area contributed by atoms with Crippen molar-refractivity contribution in [3.8, 4) is 6.07 Å². The molecule has 0 saturated heterocycles. The van der Waals surface area contributed by atoms with Gasteiger partial charge in [-0.05, 0) is 25.0 Å². The lowest BCUT2D eigenvalue weighted by Crippen LogP contribution is -2.13. The zero-order chi connectivity index (χ0) is 11.9. The summed E-state index contributed by atoms with van der Waals surface area (Å²) in [6.45, 7) is 0.643. The van der Waals surface area contributed by atoms with Crippen LogP contribution < -0.4 is 11.1 Å². The number of anilines is 1. The van der Waals surface area contributed by atoms with Crippen molar-refractivity contribution in [1.29, 1.82) is 5.26 Å². The second-order valence-electron chi connectivity index (χ2n) is 4.47. The van der Waals surface area contributed by atoms with Crippen molar-refractivity contribution in [2.75, 3.05) is 11.9 Å². The van der Waals surface area contributed by atoms with Crippen LogP contribution in [0.15, 0.2) is 27.4 Å². The zero-order valence-electron chi connectivity index (χ0n) is 9.12. The van der Waals surface area contributed by atoms with Crippen LogP contribution in [0.25, 0.3) is 11.1 Å². The van der Waals surface area contributed by atoms with E-state index in [1.54, 1.807) is 12.1 Å². The molecule has 1 heterocycles. The number of aromatic amines is 1. The Kier molecular flexibility index (Phi) is 1.99. The van der Waals surface area contributed by atoms with E-state index in [0.717, 1.165) is 18.5 Å². The van der Waals surface area contributed by atoms with Gasteiger partial charge >= 0.3 is 5.76 Å². The molecule has 17 heavy (non-hydrogen) atoms. The summed E-state index contributed by atoms with van der Waals surface area (Å²) in [6.07, 6.45) is 1.91. The third-order valence-corrected chi connectivity index (χ3v) is 3.14. The third-order valence-electron chi connectivity index (χ3n) is 3.14.